The monoisotopic (exact) mass is 271 g/mol. The van der Waals surface area contributed by atoms with Gasteiger partial charge in [-0.15, -0.1) is 5.10 Å². The topological polar surface area (TPSA) is 77.4 Å². The van der Waals surface area contributed by atoms with E-state index in [1.165, 1.54) is 25.9 Å². The summed E-state index contributed by atoms with van der Waals surface area (Å²) in [5, 5.41) is 7.31. The van der Waals surface area contributed by atoms with Crippen LogP contribution < -0.4 is 11.5 Å². The molecule has 2 fully saturated rings. The highest BCUT2D eigenvalue weighted by Gasteiger charge is 2.37. The van der Waals surface area contributed by atoms with Gasteiger partial charge in [0.25, 0.3) is 0 Å². The number of nitrogens with zero attached hydrogens (tertiary/aromatic N) is 5. The summed E-state index contributed by atoms with van der Waals surface area (Å²) in [7, 11) is 0. The molecule has 0 aromatic rings. The Morgan fingerprint density at radius 3 is 2.26 bits per heavy atom. The maximum atomic E-state index is 13.3. The fourth-order valence-electron chi connectivity index (χ4n) is 3.28. The van der Waals surface area contributed by atoms with Gasteiger partial charge in [0, 0.05) is 19.1 Å². The van der Waals surface area contributed by atoms with Crippen molar-refractivity contribution in [1.82, 2.24) is 20.1 Å². The minimum atomic E-state index is -0.927. The average molecular weight is 271 g/mol. The van der Waals surface area contributed by atoms with E-state index in [1.54, 1.807) is 5.01 Å². The van der Waals surface area contributed by atoms with Crippen LogP contribution in [0.2, 0.25) is 0 Å². The number of hydrogen-bond acceptors (Lipinski definition) is 7. The summed E-state index contributed by atoms with van der Waals surface area (Å²) in [6.07, 6.45) is 3.84. The average Bonchev–Trinajstić information content (AvgIpc) is 3.00. The molecule has 1 unspecified atom stereocenters. The Bertz CT molecular complexity index is 349. The smallest absolute Gasteiger partial charge is 0.234 e. The summed E-state index contributed by atoms with van der Waals surface area (Å²) < 4.78 is 13.3. The molecule has 0 spiro atoms. The first-order valence-electron chi connectivity index (χ1n) is 6.99. The third-order valence-electron chi connectivity index (χ3n) is 4.30. The standard InChI is InChI=1S/C11H22FN7/c12-19-11(14)18(10(13)15-19)17-7-3-9(4-8-17)16-5-1-2-6-16/h9,11H,1-8,14H2,(H2,13,15). The molecular formula is C11H22FN7. The lowest BCUT2D eigenvalue weighted by atomic mass is 10.0. The van der Waals surface area contributed by atoms with Crippen molar-refractivity contribution >= 4 is 5.96 Å². The molecule has 0 amide bonds. The van der Waals surface area contributed by atoms with E-state index in [9.17, 15) is 4.48 Å². The van der Waals surface area contributed by atoms with Crippen molar-refractivity contribution in [1.29, 1.82) is 0 Å². The molecule has 0 saturated carbocycles. The zero-order chi connectivity index (χ0) is 13.4. The Morgan fingerprint density at radius 2 is 1.74 bits per heavy atom. The summed E-state index contributed by atoms with van der Waals surface area (Å²) in [6.45, 7) is 4.13. The van der Waals surface area contributed by atoms with Gasteiger partial charge in [0.2, 0.25) is 12.2 Å². The van der Waals surface area contributed by atoms with Gasteiger partial charge in [-0.25, -0.2) is 10.0 Å². The highest BCUT2D eigenvalue weighted by molar-refractivity contribution is 5.78. The molecule has 3 rings (SSSR count). The van der Waals surface area contributed by atoms with Crippen LogP contribution in [-0.4, -0.2) is 64.6 Å². The second-order valence-electron chi connectivity index (χ2n) is 5.43. The first-order chi connectivity index (χ1) is 9.16. The number of piperidine rings is 1. The molecule has 3 aliphatic rings. The molecule has 7 nitrogen and oxygen atoms in total. The van der Waals surface area contributed by atoms with Crippen LogP contribution in [0.15, 0.2) is 5.10 Å². The third kappa shape index (κ3) is 2.35. The van der Waals surface area contributed by atoms with Gasteiger partial charge in [-0.2, -0.15) is 0 Å². The van der Waals surface area contributed by atoms with Crippen LogP contribution in [0.3, 0.4) is 0 Å². The molecule has 2 saturated heterocycles. The van der Waals surface area contributed by atoms with Gasteiger partial charge in [0.15, 0.2) is 0 Å². The summed E-state index contributed by atoms with van der Waals surface area (Å²) in [5.74, 6) is 0.134. The quantitative estimate of drug-likeness (QED) is 0.655. The molecule has 0 aliphatic carbocycles. The van der Waals surface area contributed by atoms with Crippen LogP contribution in [0.25, 0.3) is 0 Å². The third-order valence-corrected chi connectivity index (χ3v) is 4.30. The molecule has 1 atom stereocenters. The lowest BCUT2D eigenvalue weighted by Crippen LogP contribution is -2.60. The summed E-state index contributed by atoms with van der Waals surface area (Å²) >= 11 is 0. The highest BCUT2D eigenvalue weighted by Crippen LogP contribution is 2.24. The Balaban J connectivity index is 1.56. The maximum absolute atomic E-state index is 13.3. The molecule has 3 heterocycles. The number of hydrazone groups is 1. The number of hydrazine groups is 1. The van der Waals surface area contributed by atoms with Crippen molar-refractivity contribution in [3.05, 3.63) is 0 Å². The van der Waals surface area contributed by atoms with Crippen molar-refractivity contribution in [3.8, 4) is 0 Å². The van der Waals surface area contributed by atoms with Crippen LogP contribution in [0.5, 0.6) is 0 Å². The molecule has 4 N–H and O–H groups in total. The second-order valence-corrected chi connectivity index (χ2v) is 5.43. The predicted molar refractivity (Wildman–Crippen MR) is 69.8 cm³/mol. The van der Waals surface area contributed by atoms with E-state index in [0.717, 1.165) is 25.9 Å². The molecule has 3 aliphatic heterocycles. The van der Waals surface area contributed by atoms with Gasteiger partial charge in [0.05, 0.1) is 0 Å². The van der Waals surface area contributed by atoms with E-state index in [4.69, 9.17) is 11.5 Å². The van der Waals surface area contributed by atoms with Gasteiger partial charge < -0.3 is 10.6 Å². The SMILES string of the molecule is NC1=NN(F)C(N)N1N1CCC(N2CCCC2)CC1. The number of guanidine groups is 1. The molecule has 19 heavy (non-hydrogen) atoms. The van der Waals surface area contributed by atoms with Crippen molar-refractivity contribution < 1.29 is 4.48 Å². The van der Waals surface area contributed by atoms with Crippen molar-refractivity contribution in [3.63, 3.8) is 0 Å². The summed E-state index contributed by atoms with van der Waals surface area (Å²) in [6, 6.07) is 0.650. The van der Waals surface area contributed by atoms with Gasteiger partial charge in [-0.05, 0) is 38.8 Å². The van der Waals surface area contributed by atoms with E-state index >= 15 is 0 Å². The van der Waals surface area contributed by atoms with E-state index < -0.39 is 6.29 Å². The van der Waals surface area contributed by atoms with E-state index in [2.05, 4.69) is 10.0 Å². The molecule has 0 radical (unpaired) electrons. The van der Waals surface area contributed by atoms with Gasteiger partial charge >= 0.3 is 0 Å². The van der Waals surface area contributed by atoms with Crippen LogP contribution in [0, 0.1) is 0 Å². The Labute approximate surface area is 112 Å². The van der Waals surface area contributed by atoms with Crippen molar-refractivity contribution in [2.75, 3.05) is 26.2 Å². The number of halogens is 1. The second kappa shape index (κ2) is 5.10. The van der Waals surface area contributed by atoms with Crippen molar-refractivity contribution in [2.45, 2.75) is 38.0 Å². The molecule has 0 aromatic heterocycles. The lowest BCUT2D eigenvalue weighted by Gasteiger charge is -2.41. The number of hydrogen-bond donors (Lipinski definition) is 2. The molecular weight excluding hydrogens is 249 g/mol. The van der Waals surface area contributed by atoms with Crippen LogP contribution in [0.1, 0.15) is 25.7 Å². The Kier molecular flexibility index (Phi) is 3.46. The zero-order valence-corrected chi connectivity index (χ0v) is 11.1. The Morgan fingerprint density at radius 1 is 1.11 bits per heavy atom. The fourth-order valence-corrected chi connectivity index (χ4v) is 3.28. The molecule has 108 valence electrons. The molecule has 0 aromatic carbocycles. The maximum Gasteiger partial charge on any atom is 0.234 e. The fraction of sp³-hybridized carbons (Fsp3) is 0.909. The number of nitrogens with two attached hydrogens (primary N) is 2. The predicted octanol–water partition coefficient (Wildman–Crippen LogP) is -0.564. The first kappa shape index (κ1) is 12.9. The van der Waals surface area contributed by atoms with Gasteiger partial charge in [-0.1, -0.05) is 9.71 Å². The van der Waals surface area contributed by atoms with Gasteiger partial charge in [0.1, 0.15) is 0 Å². The largest absolute Gasteiger partial charge is 0.367 e. The normalized spacial score (nSPS) is 31.3. The van der Waals surface area contributed by atoms with E-state index in [0.29, 0.717) is 6.04 Å². The lowest BCUT2D eigenvalue weighted by molar-refractivity contribution is -0.116. The number of rotatable bonds is 2. The first-order valence-corrected chi connectivity index (χ1v) is 6.99. The number of likely N-dealkylation sites (tertiary alicyclic amines) is 1. The summed E-state index contributed by atoms with van der Waals surface area (Å²) in [4.78, 5) is 2.57. The van der Waals surface area contributed by atoms with Crippen LogP contribution in [0.4, 0.5) is 4.48 Å². The van der Waals surface area contributed by atoms with E-state index in [-0.39, 0.29) is 11.2 Å². The minimum absolute atomic E-state index is 0.134. The minimum Gasteiger partial charge on any atom is -0.367 e. The Hall–Kier alpha value is -1.12. The molecule has 0 bridgehead atoms. The van der Waals surface area contributed by atoms with Gasteiger partial charge in [-0.3, -0.25) is 5.73 Å². The van der Waals surface area contributed by atoms with E-state index in [1.807, 2.05) is 5.01 Å². The van der Waals surface area contributed by atoms with Crippen LogP contribution in [-0.2, 0) is 0 Å². The highest BCUT2D eigenvalue weighted by atomic mass is 19.2. The zero-order valence-electron chi connectivity index (χ0n) is 11.1. The summed E-state index contributed by atoms with van der Waals surface area (Å²) in [5.41, 5.74) is 11.4. The van der Waals surface area contributed by atoms with Crippen molar-refractivity contribution in [2.24, 2.45) is 16.6 Å². The van der Waals surface area contributed by atoms with Crippen LogP contribution >= 0.6 is 0 Å². The molecule has 8 heteroatoms.